The van der Waals surface area contributed by atoms with Crippen LogP contribution in [-0.4, -0.2) is 11.1 Å². The van der Waals surface area contributed by atoms with Crippen LogP contribution in [0.3, 0.4) is 0 Å². The Bertz CT molecular complexity index is 411. The molecule has 0 unspecified atom stereocenters. The number of carbonyl (C=O) groups is 1. The molecule has 16 heavy (non-hydrogen) atoms. The average molecular weight is 259 g/mol. The smallest absolute Gasteiger partial charge is 0.303 e. The van der Waals surface area contributed by atoms with Crippen molar-refractivity contribution in [2.24, 2.45) is 5.92 Å². The van der Waals surface area contributed by atoms with E-state index in [4.69, 9.17) is 28.3 Å². The van der Waals surface area contributed by atoms with Crippen LogP contribution in [0.1, 0.15) is 30.7 Å². The molecule has 0 saturated heterocycles. The maximum absolute atomic E-state index is 10.5. The van der Waals surface area contributed by atoms with Gasteiger partial charge in [-0.1, -0.05) is 29.3 Å². The molecule has 4 heteroatoms. The second-order valence-corrected chi connectivity index (χ2v) is 5.12. The van der Waals surface area contributed by atoms with Crippen molar-refractivity contribution < 1.29 is 9.90 Å². The van der Waals surface area contributed by atoms with Crippen LogP contribution in [0.2, 0.25) is 10.0 Å². The molecule has 1 aliphatic rings. The molecule has 1 aliphatic carbocycles. The lowest BCUT2D eigenvalue weighted by atomic mass is 9.70. The summed E-state index contributed by atoms with van der Waals surface area (Å²) in [4.78, 5) is 10.5. The van der Waals surface area contributed by atoms with Gasteiger partial charge in [0.1, 0.15) is 0 Å². The van der Waals surface area contributed by atoms with Crippen LogP contribution in [0, 0.1) is 5.92 Å². The Balaban J connectivity index is 1.96. The van der Waals surface area contributed by atoms with Gasteiger partial charge in [-0.15, -0.1) is 0 Å². The first-order valence-electron chi connectivity index (χ1n) is 5.23. The molecular formula is C12H12Cl2O2. The predicted molar refractivity (Wildman–Crippen MR) is 64.2 cm³/mol. The van der Waals surface area contributed by atoms with E-state index < -0.39 is 5.97 Å². The zero-order valence-corrected chi connectivity index (χ0v) is 10.1. The topological polar surface area (TPSA) is 37.3 Å². The number of aliphatic carboxylic acids is 1. The molecule has 1 saturated carbocycles. The Hall–Kier alpha value is -0.730. The Kier molecular flexibility index (Phi) is 3.41. The summed E-state index contributed by atoms with van der Waals surface area (Å²) >= 11 is 11.8. The van der Waals surface area contributed by atoms with Crippen LogP contribution >= 0.6 is 23.2 Å². The highest BCUT2D eigenvalue weighted by Gasteiger charge is 2.31. The van der Waals surface area contributed by atoms with Crippen molar-refractivity contribution in [3.63, 3.8) is 0 Å². The monoisotopic (exact) mass is 258 g/mol. The van der Waals surface area contributed by atoms with Gasteiger partial charge in [-0.2, -0.15) is 0 Å². The number of hydrogen-bond donors (Lipinski definition) is 1. The third-order valence-electron chi connectivity index (χ3n) is 3.11. The lowest BCUT2D eigenvalue weighted by Crippen LogP contribution is -2.24. The van der Waals surface area contributed by atoms with Gasteiger partial charge in [0.15, 0.2) is 0 Å². The van der Waals surface area contributed by atoms with Crippen molar-refractivity contribution in [1.29, 1.82) is 0 Å². The van der Waals surface area contributed by atoms with E-state index >= 15 is 0 Å². The van der Waals surface area contributed by atoms with E-state index in [-0.39, 0.29) is 6.42 Å². The molecule has 2 rings (SSSR count). The summed E-state index contributed by atoms with van der Waals surface area (Å²) in [6, 6.07) is 5.64. The van der Waals surface area contributed by atoms with Gasteiger partial charge in [0.05, 0.1) is 10.0 Å². The number of hydrogen-bond acceptors (Lipinski definition) is 1. The van der Waals surface area contributed by atoms with E-state index in [2.05, 4.69) is 0 Å². The van der Waals surface area contributed by atoms with Crippen LogP contribution in [0.25, 0.3) is 0 Å². The number of rotatable bonds is 3. The third kappa shape index (κ3) is 2.50. The fraction of sp³-hybridized carbons (Fsp3) is 0.417. The standard InChI is InChI=1S/C12H12Cl2O2/c13-10-2-1-8(6-11(10)14)9-3-7(4-9)5-12(15)16/h1-2,6-7,9H,3-5H2,(H,15,16). The fourth-order valence-electron chi connectivity index (χ4n) is 2.19. The van der Waals surface area contributed by atoms with E-state index in [0.29, 0.717) is 21.9 Å². The lowest BCUT2D eigenvalue weighted by Gasteiger charge is -2.34. The first-order valence-corrected chi connectivity index (χ1v) is 5.98. The molecule has 0 atom stereocenters. The summed E-state index contributed by atoms with van der Waals surface area (Å²) < 4.78 is 0. The summed E-state index contributed by atoms with van der Waals surface area (Å²) in [6.45, 7) is 0. The van der Waals surface area contributed by atoms with Crippen LogP contribution in [0.15, 0.2) is 18.2 Å². The van der Waals surface area contributed by atoms with Crippen molar-refractivity contribution in [2.75, 3.05) is 0 Å². The predicted octanol–water partition coefficient (Wildman–Crippen LogP) is 3.96. The Morgan fingerprint density at radius 1 is 1.31 bits per heavy atom. The average Bonchev–Trinajstić information content (AvgIpc) is 2.15. The zero-order valence-electron chi connectivity index (χ0n) is 8.62. The van der Waals surface area contributed by atoms with Crippen molar-refractivity contribution in [1.82, 2.24) is 0 Å². The molecular weight excluding hydrogens is 247 g/mol. The second kappa shape index (κ2) is 4.64. The maximum Gasteiger partial charge on any atom is 0.303 e. The van der Waals surface area contributed by atoms with Crippen LogP contribution in [0.4, 0.5) is 0 Å². The first-order chi connectivity index (χ1) is 7.56. The van der Waals surface area contributed by atoms with E-state index in [0.717, 1.165) is 18.4 Å². The van der Waals surface area contributed by atoms with Crippen molar-refractivity contribution >= 4 is 29.2 Å². The number of carboxylic acid groups (broad SMARTS) is 1. The summed E-state index contributed by atoms with van der Waals surface area (Å²) in [7, 11) is 0. The van der Waals surface area contributed by atoms with E-state index in [1.807, 2.05) is 12.1 Å². The summed E-state index contributed by atoms with van der Waals surface area (Å²) in [5.41, 5.74) is 1.16. The molecule has 1 aromatic rings. The molecule has 1 N–H and O–H groups in total. The number of halogens is 2. The van der Waals surface area contributed by atoms with Gasteiger partial charge in [-0.3, -0.25) is 4.79 Å². The molecule has 0 aliphatic heterocycles. The molecule has 0 radical (unpaired) electrons. The van der Waals surface area contributed by atoms with E-state index in [1.54, 1.807) is 6.07 Å². The van der Waals surface area contributed by atoms with Gasteiger partial charge < -0.3 is 5.11 Å². The lowest BCUT2D eigenvalue weighted by molar-refractivity contribution is -0.138. The van der Waals surface area contributed by atoms with Crippen LogP contribution in [0.5, 0.6) is 0 Å². The molecule has 2 nitrogen and oxygen atoms in total. The highest BCUT2D eigenvalue weighted by Crippen LogP contribution is 2.44. The second-order valence-electron chi connectivity index (χ2n) is 4.31. The minimum Gasteiger partial charge on any atom is -0.481 e. The van der Waals surface area contributed by atoms with Crippen molar-refractivity contribution in [2.45, 2.75) is 25.2 Å². The molecule has 1 fully saturated rings. The van der Waals surface area contributed by atoms with Gasteiger partial charge >= 0.3 is 5.97 Å². The van der Waals surface area contributed by atoms with Gasteiger partial charge in [0.2, 0.25) is 0 Å². The Morgan fingerprint density at radius 3 is 2.56 bits per heavy atom. The molecule has 1 aromatic carbocycles. The van der Waals surface area contributed by atoms with Crippen molar-refractivity contribution in [3.05, 3.63) is 33.8 Å². The Labute approximate surface area is 104 Å². The minimum absolute atomic E-state index is 0.276. The SMILES string of the molecule is O=C(O)CC1CC(c2ccc(Cl)c(Cl)c2)C1. The summed E-state index contributed by atoms with van der Waals surface area (Å²) in [5.74, 6) is 0.0497. The maximum atomic E-state index is 10.5. The molecule has 0 spiro atoms. The molecule has 0 heterocycles. The summed E-state index contributed by atoms with van der Waals surface area (Å²) in [6.07, 6.45) is 2.15. The van der Waals surface area contributed by atoms with Gasteiger partial charge in [0.25, 0.3) is 0 Å². The van der Waals surface area contributed by atoms with E-state index in [1.165, 1.54) is 0 Å². The highest BCUT2D eigenvalue weighted by molar-refractivity contribution is 6.42. The van der Waals surface area contributed by atoms with Gasteiger partial charge in [-0.25, -0.2) is 0 Å². The number of carboxylic acids is 1. The highest BCUT2D eigenvalue weighted by atomic mass is 35.5. The zero-order chi connectivity index (χ0) is 11.7. The van der Waals surface area contributed by atoms with Crippen LogP contribution in [-0.2, 0) is 4.79 Å². The molecule has 0 amide bonds. The normalized spacial score (nSPS) is 23.9. The molecule has 0 aromatic heterocycles. The fourth-order valence-corrected chi connectivity index (χ4v) is 2.49. The summed E-state index contributed by atoms with van der Waals surface area (Å²) in [5, 5.41) is 9.78. The van der Waals surface area contributed by atoms with E-state index in [9.17, 15) is 4.79 Å². The Morgan fingerprint density at radius 2 is 2.00 bits per heavy atom. The minimum atomic E-state index is -0.711. The quantitative estimate of drug-likeness (QED) is 0.891. The van der Waals surface area contributed by atoms with Gasteiger partial charge in [-0.05, 0) is 42.4 Å². The third-order valence-corrected chi connectivity index (χ3v) is 3.85. The number of benzene rings is 1. The largest absolute Gasteiger partial charge is 0.481 e. The van der Waals surface area contributed by atoms with Crippen molar-refractivity contribution in [3.8, 4) is 0 Å². The molecule has 86 valence electrons. The van der Waals surface area contributed by atoms with Crippen LogP contribution < -0.4 is 0 Å². The van der Waals surface area contributed by atoms with Gasteiger partial charge in [0, 0.05) is 6.42 Å². The first kappa shape index (κ1) is 11.7. The molecule has 0 bridgehead atoms.